The zero-order chi connectivity index (χ0) is 32.7. The lowest BCUT2D eigenvalue weighted by Crippen LogP contribution is -2.62. The molecule has 44 heavy (non-hydrogen) atoms. The van der Waals surface area contributed by atoms with Gasteiger partial charge in [-0.3, -0.25) is 0 Å². The number of hydrogen-bond donors (Lipinski definition) is 2. The van der Waals surface area contributed by atoms with E-state index in [0.717, 1.165) is 69.4 Å². The number of rotatable bonds is 6. The standard InChI is InChI=1S/C40H51N3O/c1-23(19-29-17-15-14-16-18-29)30-20-32(42(10)11)31-21-38(7)22-39(8)36(43(12)13)26(4)34(28(6)41)27(5)40(39,9)37(44)35(38)25(3)33(31)24(30)2/h14-18,20,36,44H,1,3,5-6,19,21-22,41H2,2,4,7-13H3/t36-,38+,39+,40+/m1/s1. The van der Waals surface area contributed by atoms with Crippen LogP contribution in [0.15, 0.2) is 96.5 Å². The number of benzene rings is 2. The van der Waals surface area contributed by atoms with E-state index >= 15 is 0 Å². The summed E-state index contributed by atoms with van der Waals surface area (Å²) < 4.78 is 0. The van der Waals surface area contributed by atoms with E-state index in [9.17, 15) is 5.11 Å². The molecule has 4 heteroatoms. The van der Waals surface area contributed by atoms with Gasteiger partial charge in [0.25, 0.3) is 0 Å². The summed E-state index contributed by atoms with van der Waals surface area (Å²) in [5.41, 5.74) is 18.4. The van der Waals surface area contributed by atoms with E-state index in [-0.39, 0.29) is 16.9 Å². The molecule has 4 nitrogen and oxygen atoms in total. The highest BCUT2D eigenvalue weighted by atomic mass is 16.3. The summed E-state index contributed by atoms with van der Waals surface area (Å²) in [5.74, 6) is 0.367. The molecule has 2 aromatic carbocycles. The Morgan fingerprint density at radius 3 is 2.18 bits per heavy atom. The minimum Gasteiger partial charge on any atom is -0.511 e. The molecule has 0 saturated heterocycles. The molecule has 4 atom stereocenters. The van der Waals surface area contributed by atoms with Gasteiger partial charge in [-0.05, 0) is 110 Å². The van der Waals surface area contributed by atoms with Crippen LogP contribution in [0.25, 0.3) is 11.1 Å². The number of aliphatic hydroxyl groups excluding tert-OH is 1. The predicted octanol–water partition coefficient (Wildman–Crippen LogP) is 8.41. The molecule has 5 rings (SSSR count). The SMILES string of the molecule is C=C(N)C1=C(C)[C@@H](N(C)C)[C@]2(C)C[C@]3(C)Cc4c(N(C)C)cc(C(=C)Cc5ccccc5)c(C)c4C(=C)C3=C(O)[C@]2(C)C1=C. The Morgan fingerprint density at radius 1 is 1.02 bits per heavy atom. The number of fused-ring (bicyclic) bond motifs is 3. The molecule has 0 bridgehead atoms. The van der Waals surface area contributed by atoms with Gasteiger partial charge in [0.05, 0.1) is 5.41 Å². The van der Waals surface area contributed by atoms with Gasteiger partial charge in [-0.15, -0.1) is 0 Å². The van der Waals surface area contributed by atoms with Crippen molar-refractivity contribution in [3.63, 3.8) is 0 Å². The fraction of sp³-hybridized carbons (Fsp3) is 0.400. The minimum atomic E-state index is -0.763. The first-order valence-corrected chi connectivity index (χ1v) is 15.6. The van der Waals surface area contributed by atoms with E-state index in [1.807, 2.05) is 6.07 Å². The Morgan fingerprint density at radius 2 is 1.64 bits per heavy atom. The van der Waals surface area contributed by atoms with Crippen LogP contribution >= 0.6 is 0 Å². The molecule has 0 amide bonds. The van der Waals surface area contributed by atoms with Crippen molar-refractivity contribution >= 4 is 16.8 Å². The van der Waals surface area contributed by atoms with E-state index < -0.39 is 5.41 Å². The molecule has 0 radical (unpaired) electrons. The number of hydrogen-bond acceptors (Lipinski definition) is 4. The molecule has 3 aliphatic rings. The lowest BCUT2D eigenvalue weighted by molar-refractivity contribution is -0.0332. The fourth-order valence-corrected chi connectivity index (χ4v) is 9.53. The van der Waals surface area contributed by atoms with Crippen LogP contribution in [0.1, 0.15) is 61.9 Å². The van der Waals surface area contributed by atoms with Crippen LogP contribution < -0.4 is 10.6 Å². The second kappa shape index (κ2) is 10.4. The number of aliphatic hydroxyl groups is 1. The predicted molar refractivity (Wildman–Crippen MR) is 189 cm³/mol. The van der Waals surface area contributed by atoms with Gasteiger partial charge in [-0.1, -0.05) is 70.5 Å². The van der Waals surface area contributed by atoms with E-state index in [2.05, 4.69) is 123 Å². The Bertz CT molecular complexity index is 1690. The van der Waals surface area contributed by atoms with E-state index in [0.29, 0.717) is 11.5 Å². The van der Waals surface area contributed by atoms with Crippen molar-refractivity contribution in [2.24, 2.45) is 22.0 Å². The average molecular weight is 590 g/mol. The van der Waals surface area contributed by atoms with E-state index in [1.54, 1.807) is 0 Å². The van der Waals surface area contributed by atoms with Crippen LogP contribution in [0.5, 0.6) is 0 Å². The molecule has 2 aromatic rings. The fourth-order valence-electron chi connectivity index (χ4n) is 9.53. The van der Waals surface area contributed by atoms with Gasteiger partial charge >= 0.3 is 0 Å². The van der Waals surface area contributed by atoms with Gasteiger partial charge in [-0.25, -0.2) is 0 Å². The van der Waals surface area contributed by atoms with E-state index in [1.165, 1.54) is 16.8 Å². The summed E-state index contributed by atoms with van der Waals surface area (Å²) in [6.45, 7) is 29.2. The van der Waals surface area contributed by atoms with Crippen molar-refractivity contribution < 1.29 is 5.11 Å². The normalized spacial score (nSPS) is 28.1. The summed E-state index contributed by atoms with van der Waals surface area (Å²) >= 11 is 0. The molecule has 3 N–H and O–H groups in total. The molecule has 3 aliphatic carbocycles. The summed E-state index contributed by atoms with van der Waals surface area (Å²) in [7, 11) is 8.47. The van der Waals surface area contributed by atoms with Gasteiger partial charge in [0.15, 0.2) is 0 Å². The maximum atomic E-state index is 12.7. The number of anilines is 1. The van der Waals surface area contributed by atoms with Crippen molar-refractivity contribution in [1.82, 2.24) is 4.90 Å². The third-order valence-electron chi connectivity index (χ3n) is 11.3. The van der Waals surface area contributed by atoms with Gasteiger partial charge in [0, 0.05) is 53.5 Å². The summed E-state index contributed by atoms with van der Waals surface area (Å²) in [6.07, 6.45) is 2.43. The number of nitrogens with two attached hydrogens (primary N) is 1. The smallest absolute Gasteiger partial charge is 0.107 e. The zero-order valence-electron chi connectivity index (χ0n) is 28.4. The van der Waals surface area contributed by atoms with Crippen LogP contribution in [0.2, 0.25) is 0 Å². The molecule has 0 aliphatic heterocycles. The molecular weight excluding hydrogens is 538 g/mol. The van der Waals surface area contributed by atoms with Gasteiger partial charge in [0.1, 0.15) is 5.76 Å². The summed E-state index contributed by atoms with van der Waals surface area (Å²) in [5, 5.41) is 12.7. The Balaban J connectivity index is 1.77. The molecule has 0 heterocycles. The number of nitrogens with zero attached hydrogens (tertiary/aromatic N) is 2. The lowest BCUT2D eigenvalue weighted by Gasteiger charge is -2.64. The van der Waals surface area contributed by atoms with Crippen molar-refractivity contribution in [3.8, 4) is 0 Å². The Labute approximate surface area is 265 Å². The highest BCUT2D eigenvalue weighted by molar-refractivity contribution is 5.91. The van der Waals surface area contributed by atoms with Crippen LogP contribution in [-0.4, -0.2) is 44.2 Å². The van der Waals surface area contributed by atoms with Gasteiger partial charge in [-0.2, -0.15) is 0 Å². The highest BCUT2D eigenvalue weighted by Crippen LogP contribution is 2.70. The lowest BCUT2D eigenvalue weighted by atomic mass is 9.42. The van der Waals surface area contributed by atoms with Crippen molar-refractivity contribution in [1.29, 1.82) is 0 Å². The van der Waals surface area contributed by atoms with Crippen LogP contribution in [0.4, 0.5) is 5.69 Å². The monoisotopic (exact) mass is 589 g/mol. The van der Waals surface area contributed by atoms with Crippen molar-refractivity contribution in [2.75, 3.05) is 33.1 Å². The van der Waals surface area contributed by atoms with Crippen LogP contribution in [-0.2, 0) is 12.8 Å². The number of allylic oxidation sites excluding steroid dienone is 5. The summed E-state index contributed by atoms with van der Waals surface area (Å²) in [4.78, 5) is 4.49. The van der Waals surface area contributed by atoms with Gasteiger partial charge < -0.3 is 20.6 Å². The highest BCUT2D eigenvalue weighted by Gasteiger charge is 2.65. The number of likely N-dealkylation sites (N-methyl/N-ethyl adjacent to an activating group) is 1. The molecule has 232 valence electrons. The van der Waals surface area contributed by atoms with Gasteiger partial charge in [0.2, 0.25) is 0 Å². The molecule has 0 spiro atoms. The first-order chi connectivity index (χ1) is 20.4. The molecule has 0 saturated carbocycles. The van der Waals surface area contributed by atoms with Crippen molar-refractivity contribution in [2.45, 2.75) is 59.9 Å². The molecule has 0 aromatic heterocycles. The summed E-state index contributed by atoms with van der Waals surface area (Å²) in [6, 6.07) is 12.8. The minimum absolute atomic E-state index is 0.0298. The Hall–Kier alpha value is -3.76. The van der Waals surface area contributed by atoms with Crippen molar-refractivity contribution in [3.05, 3.63) is 124 Å². The second-order valence-corrected chi connectivity index (χ2v) is 14.7. The first kappa shape index (κ1) is 31.7. The second-order valence-electron chi connectivity index (χ2n) is 14.7. The average Bonchev–Trinajstić information content (AvgIpc) is 2.90. The molecule has 0 fully saturated rings. The zero-order valence-corrected chi connectivity index (χ0v) is 28.4. The largest absolute Gasteiger partial charge is 0.511 e. The third-order valence-corrected chi connectivity index (χ3v) is 11.3. The molecular formula is C40H51N3O. The first-order valence-electron chi connectivity index (χ1n) is 15.6. The third kappa shape index (κ3) is 4.21. The topological polar surface area (TPSA) is 52.7 Å². The maximum absolute atomic E-state index is 12.7. The van der Waals surface area contributed by atoms with Crippen LogP contribution in [0, 0.1) is 23.2 Å². The molecule has 0 unspecified atom stereocenters. The van der Waals surface area contributed by atoms with Crippen LogP contribution in [0.3, 0.4) is 0 Å². The maximum Gasteiger partial charge on any atom is 0.107 e. The van der Waals surface area contributed by atoms with E-state index in [4.69, 9.17) is 12.3 Å². The quantitative estimate of drug-likeness (QED) is 0.355. The Kier molecular flexibility index (Phi) is 7.49.